The lowest BCUT2D eigenvalue weighted by atomic mass is 10.1. The molecular formula is C12H19NO2. The predicted molar refractivity (Wildman–Crippen MR) is 62.2 cm³/mol. The Hall–Kier alpha value is -1.35. The van der Waals surface area contributed by atoms with Crippen LogP contribution < -0.4 is 5.73 Å². The van der Waals surface area contributed by atoms with E-state index >= 15 is 0 Å². The van der Waals surface area contributed by atoms with Crippen molar-refractivity contribution in [2.24, 2.45) is 5.73 Å². The van der Waals surface area contributed by atoms with Gasteiger partial charge in [-0.25, -0.2) is 0 Å². The number of aldehydes is 1. The normalized spacial score (nSPS) is 9.00. The van der Waals surface area contributed by atoms with Crippen LogP contribution in [0.25, 0.3) is 0 Å². The first-order valence-electron chi connectivity index (χ1n) is 5.10. The number of unbranched alkanes of at least 4 members (excludes halogenated alkanes) is 1. The number of carbonyl (C=O) groups is 1. The van der Waals surface area contributed by atoms with Crippen LogP contribution in [0.5, 0.6) is 5.75 Å². The quantitative estimate of drug-likeness (QED) is 0.750. The molecule has 3 nitrogen and oxygen atoms in total. The Kier molecular flexibility index (Phi) is 7.28. The van der Waals surface area contributed by atoms with Gasteiger partial charge in [-0.1, -0.05) is 19.4 Å². The van der Waals surface area contributed by atoms with Crippen molar-refractivity contribution in [1.82, 2.24) is 0 Å². The van der Waals surface area contributed by atoms with Crippen LogP contribution in [0.3, 0.4) is 0 Å². The van der Waals surface area contributed by atoms with E-state index < -0.39 is 0 Å². The molecule has 0 saturated heterocycles. The molecule has 84 valence electrons. The van der Waals surface area contributed by atoms with E-state index in [4.69, 9.17) is 10.8 Å². The van der Waals surface area contributed by atoms with Crippen molar-refractivity contribution in [2.75, 3.05) is 6.54 Å². The molecule has 0 unspecified atom stereocenters. The molecule has 15 heavy (non-hydrogen) atoms. The van der Waals surface area contributed by atoms with Crippen LogP contribution in [0.1, 0.15) is 35.7 Å². The highest BCUT2D eigenvalue weighted by Gasteiger charge is 1.96. The molecule has 0 amide bonds. The molecule has 0 saturated carbocycles. The van der Waals surface area contributed by atoms with E-state index in [0.717, 1.165) is 12.1 Å². The van der Waals surface area contributed by atoms with E-state index in [1.54, 1.807) is 18.2 Å². The molecule has 1 aromatic carbocycles. The third kappa shape index (κ3) is 5.86. The summed E-state index contributed by atoms with van der Waals surface area (Å²) in [6.07, 6.45) is 3.02. The second-order valence-corrected chi connectivity index (χ2v) is 3.32. The highest BCUT2D eigenvalue weighted by atomic mass is 16.3. The average Bonchev–Trinajstić information content (AvgIpc) is 2.20. The van der Waals surface area contributed by atoms with Crippen molar-refractivity contribution in [3.8, 4) is 5.75 Å². The second kappa shape index (κ2) is 8.00. The second-order valence-electron chi connectivity index (χ2n) is 3.32. The highest BCUT2D eigenvalue weighted by molar-refractivity contribution is 5.79. The van der Waals surface area contributed by atoms with Gasteiger partial charge in [-0.05, 0) is 37.6 Å². The molecule has 1 aromatic rings. The predicted octanol–water partition coefficient (Wildman–Crippen LogP) is 2.26. The van der Waals surface area contributed by atoms with E-state index in [-0.39, 0.29) is 5.75 Å². The fourth-order valence-corrected chi connectivity index (χ4v) is 0.957. The van der Waals surface area contributed by atoms with E-state index in [0.29, 0.717) is 11.8 Å². The van der Waals surface area contributed by atoms with E-state index in [1.807, 2.05) is 6.92 Å². The summed E-state index contributed by atoms with van der Waals surface area (Å²) in [5.41, 5.74) is 6.42. The summed E-state index contributed by atoms with van der Waals surface area (Å²) < 4.78 is 0. The van der Waals surface area contributed by atoms with Gasteiger partial charge in [0.15, 0.2) is 6.29 Å². The van der Waals surface area contributed by atoms with Gasteiger partial charge in [-0.15, -0.1) is 0 Å². The third-order valence-corrected chi connectivity index (χ3v) is 1.87. The van der Waals surface area contributed by atoms with E-state index in [9.17, 15) is 4.79 Å². The van der Waals surface area contributed by atoms with Crippen LogP contribution in [0.4, 0.5) is 0 Å². The minimum atomic E-state index is 0.0509. The summed E-state index contributed by atoms with van der Waals surface area (Å²) >= 11 is 0. The lowest BCUT2D eigenvalue weighted by Gasteiger charge is -1.96. The van der Waals surface area contributed by atoms with Crippen molar-refractivity contribution in [2.45, 2.75) is 26.7 Å². The maximum Gasteiger partial charge on any atom is 0.153 e. The fourth-order valence-electron chi connectivity index (χ4n) is 0.957. The van der Waals surface area contributed by atoms with Gasteiger partial charge >= 0.3 is 0 Å². The summed E-state index contributed by atoms with van der Waals surface area (Å²) in [5, 5.41) is 9.06. The summed E-state index contributed by atoms with van der Waals surface area (Å²) in [7, 11) is 0. The molecule has 3 N–H and O–H groups in total. The van der Waals surface area contributed by atoms with Crippen LogP contribution in [0.2, 0.25) is 0 Å². The molecule has 0 fully saturated rings. The molecular weight excluding hydrogens is 190 g/mol. The Bertz CT molecular complexity index is 296. The smallest absolute Gasteiger partial charge is 0.153 e. The number of nitrogens with two attached hydrogens (primary N) is 1. The Morgan fingerprint density at radius 1 is 1.47 bits per heavy atom. The lowest BCUT2D eigenvalue weighted by Crippen LogP contribution is -1.95. The number of hydrogen-bond donors (Lipinski definition) is 2. The van der Waals surface area contributed by atoms with Gasteiger partial charge < -0.3 is 10.8 Å². The van der Waals surface area contributed by atoms with Gasteiger partial charge in [-0.2, -0.15) is 0 Å². The summed E-state index contributed by atoms with van der Waals surface area (Å²) in [4.78, 5) is 10.2. The fraction of sp³-hybridized carbons (Fsp3) is 0.417. The Labute approximate surface area is 90.9 Å². The zero-order valence-electron chi connectivity index (χ0n) is 9.36. The molecule has 0 radical (unpaired) electrons. The van der Waals surface area contributed by atoms with E-state index in [2.05, 4.69) is 6.92 Å². The van der Waals surface area contributed by atoms with Crippen molar-refractivity contribution < 1.29 is 9.90 Å². The van der Waals surface area contributed by atoms with Crippen LogP contribution >= 0.6 is 0 Å². The SMILES string of the molecule is CCCCN.Cc1ccc(C=O)c(O)c1. The van der Waals surface area contributed by atoms with Gasteiger partial charge in [0.05, 0.1) is 5.56 Å². The molecule has 0 spiro atoms. The van der Waals surface area contributed by atoms with Crippen molar-refractivity contribution in [3.63, 3.8) is 0 Å². The first kappa shape index (κ1) is 13.7. The van der Waals surface area contributed by atoms with Crippen molar-refractivity contribution in [1.29, 1.82) is 0 Å². The molecule has 0 atom stereocenters. The lowest BCUT2D eigenvalue weighted by molar-refractivity contribution is 0.112. The number of aryl methyl sites for hydroxylation is 1. The minimum absolute atomic E-state index is 0.0509. The maximum atomic E-state index is 10.2. The summed E-state index contributed by atoms with van der Waals surface area (Å²) in [5.74, 6) is 0.0509. The Morgan fingerprint density at radius 2 is 2.13 bits per heavy atom. The molecule has 0 aliphatic heterocycles. The standard InChI is InChI=1S/C8H8O2.C4H11N/c1-6-2-3-7(5-9)8(10)4-6;1-2-3-4-5/h2-5,10H,1H3;2-5H2,1H3. The number of rotatable bonds is 3. The number of aromatic hydroxyl groups is 1. The van der Waals surface area contributed by atoms with Gasteiger partial charge in [0.25, 0.3) is 0 Å². The van der Waals surface area contributed by atoms with Gasteiger partial charge in [0.1, 0.15) is 5.75 Å². The average molecular weight is 209 g/mol. The number of hydrogen-bond acceptors (Lipinski definition) is 3. The molecule has 3 heteroatoms. The molecule has 0 aliphatic rings. The molecule has 0 aliphatic carbocycles. The number of benzene rings is 1. The first-order valence-corrected chi connectivity index (χ1v) is 5.10. The molecule has 0 aromatic heterocycles. The molecule has 0 heterocycles. The van der Waals surface area contributed by atoms with Crippen molar-refractivity contribution in [3.05, 3.63) is 29.3 Å². The maximum absolute atomic E-state index is 10.2. The Morgan fingerprint density at radius 3 is 2.47 bits per heavy atom. The number of phenols is 1. The van der Waals surface area contributed by atoms with Gasteiger partial charge in [0.2, 0.25) is 0 Å². The first-order chi connectivity index (χ1) is 7.15. The zero-order valence-corrected chi connectivity index (χ0v) is 9.36. The van der Waals surface area contributed by atoms with Crippen LogP contribution in [-0.4, -0.2) is 17.9 Å². The van der Waals surface area contributed by atoms with E-state index in [1.165, 1.54) is 12.8 Å². The zero-order chi connectivity index (χ0) is 11.7. The van der Waals surface area contributed by atoms with Crippen LogP contribution in [-0.2, 0) is 0 Å². The van der Waals surface area contributed by atoms with Crippen molar-refractivity contribution >= 4 is 6.29 Å². The largest absolute Gasteiger partial charge is 0.507 e. The minimum Gasteiger partial charge on any atom is -0.507 e. The topological polar surface area (TPSA) is 63.3 Å². The highest BCUT2D eigenvalue weighted by Crippen LogP contribution is 2.15. The van der Waals surface area contributed by atoms with Crippen LogP contribution in [0.15, 0.2) is 18.2 Å². The molecule has 0 bridgehead atoms. The summed E-state index contributed by atoms with van der Waals surface area (Å²) in [6.45, 7) is 4.83. The van der Waals surface area contributed by atoms with Gasteiger partial charge in [-0.3, -0.25) is 4.79 Å². The summed E-state index contributed by atoms with van der Waals surface area (Å²) in [6, 6.07) is 4.94. The molecule has 1 rings (SSSR count). The number of carbonyl (C=O) groups excluding carboxylic acids is 1. The van der Waals surface area contributed by atoms with Crippen LogP contribution in [0, 0.1) is 6.92 Å². The monoisotopic (exact) mass is 209 g/mol. The number of phenolic OH excluding ortho intramolecular Hbond substituents is 1. The third-order valence-electron chi connectivity index (χ3n) is 1.87. The Balaban J connectivity index is 0.000000336. The van der Waals surface area contributed by atoms with Gasteiger partial charge in [0, 0.05) is 0 Å².